The average Bonchev–Trinajstić information content (AvgIpc) is 3.45. The van der Waals surface area contributed by atoms with Crippen molar-refractivity contribution in [2.24, 2.45) is 0 Å². The fourth-order valence-electron chi connectivity index (χ4n) is 5.72. The van der Waals surface area contributed by atoms with Gasteiger partial charge < -0.3 is 0 Å². The molecule has 0 saturated heterocycles. The Morgan fingerprint density at radius 3 is 2.00 bits per heavy atom. The maximum Gasteiger partial charge on any atom is 0.164 e. The maximum atomic E-state index is 4.94. The zero-order valence-electron chi connectivity index (χ0n) is 22.3. The summed E-state index contributed by atoms with van der Waals surface area (Å²) in [6, 6.07) is 38.6. The molecular weight excluding hydrogens is 518 g/mol. The van der Waals surface area contributed by atoms with E-state index in [4.69, 9.17) is 15.0 Å². The largest absolute Gasteiger partial charge is 0.208 e. The maximum absolute atomic E-state index is 4.94. The Hall–Kier alpha value is -4.93. The highest BCUT2D eigenvalue weighted by Crippen LogP contribution is 2.44. The number of fused-ring (bicyclic) bond motifs is 5. The summed E-state index contributed by atoms with van der Waals surface area (Å²) < 4.78 is 2.64. The Bertz CT molecular complexity index is 2140. The first kappa shape index (κ1) is 23.9. The molecule has 194 valence electrons. The van der Waals surface area contributed by atoms with Gasteiger partial charge in [-0.1, -0.05) is 115 Å². The van der Waals surface area contributed by atoms with E-state index in [1.54, 1.807) is 0 Å². The smallest absolute Gasteiger partial charge is 0.164 e. The van der Waals surface area contributed by atoms with Crippen molar-refractivity contribution in [3.05, 3.63) is 133 Å². The fourth-order valence-corrected chi connectivity index (χ4v) is 6.97. The molecule has 41 heavy (non-hydrogen) atoms. The van der Waals surface area contributed by atoms with E-state index in [2.05, 4.69) is 97.1 Å². The van der Waals surface area contributed by atoms with Gasteiger partial charge in [0, 0.05) is 42.4 Å². The lowest BCUT2D eigenvalue weighted by atomic mass is 9.96. The number of benzene rings is 5. The number of rotatable bonds is 4. The van der Waals surface area contributed by atoms with Gasteiger partial charge in [-0.15, -0.1) is 11.3 Å². The number of allylic oxidation sites excluding steroid dienone is 4. The van der Waals surface area contributed by atoms with Crippen molar-refractivity contribution < 1.29 is 0 Å². The highest BCUT2D eigenvalue weighted by molar-refractivity contribution is 7.26. The van der Waals surface area contributed by atoms with Crippen molar-refractivity contribution in [2.75, 3.05) is 0 Å². The monoisotopic (exact) mass is 543 g/mol. The second-order valence-corrected chi connectivity index (χ2v) is 11.4. The van der Waals surface area contributed by atoms with E-state index < -0.39 is 0 Å². The predicted octanol–water partition coefficient (Wildman–Crippen LogP) is 10.1. The zero-order valence-corrected chi connectivity index (χ0v) is 23.1. The van der Waals surface area contributed by atoms with E-state index in [0.29, 0.717) is 11.6 Å². The minimum absolute atomic E-state index is 0.686. The first-order valence-electron chi connectivity index (χ1n) is 13.9. The molecule has 1 aliphatic rings. The topological polar surface area (TPSA) is 38.7 Å². The van der Waals surface area contributed by atoms with Gasteiger partial charge in [0.25, 0.3) is 0 Å². The molecule has 4 heteroatoms. The summed E-state index contributed by atoms with van der Waals surface area (Å²) in [5.74, 6) is 2.09. The Labute approximate surface area is 242 Å². The first-order chi connectivity index (χ1) is 20.3. The number of aromatic nitrogens is 3. The Kier molecular flexibility index (Phi) is 5.78. The third-order valence-corrected chi connectivity index (χ3v) is 8.95. The van der Waals surface area contributed by atoms with Crippen molar-refractivity contribution in [1.82, 2.24) is 15.0 Å². The molecule has 0 fully saturated rings. The van der Waals surface area contributed by atoms with Crippen LogP contribution in [0.3, 0.4) is 0 Å². The van der Waals surface area contributed by atoms with E-state index in [-0.39, 0.29) is 0 Å². The molecule has 1 aliphatic carbocycles. The molecule has 0 saturated carbocycles. The number of hydrogen-bond donors (Lipinski definition) is 0. The predicted molar refractivity (Wildman–Crippen MR) is 173 cm³/mol. The van der Waals surface area contributed by atoms with Gasteiger partial charge in [-0.3, -0.25) is 0 Å². The van der Waals surface area contributed by atoms with Crippen LogP contribution in [0.4, 0.5) is 0 Å². The van der Waals surface area contributed by atoms with Crippen molar-refractivity contribution in [2.45, 2.75) is 12.8 Å². The molecule has 0 unspecified atom stereocenters. The van der Waals surface area contributed by atoms with E-state index in [9.17, 15) is 0 Å². The van der Waals surface area contributed by atoms with Crippen molar-refractivity contribution in [3.8, 4) is 33.9 Å². The van der Waals surface area contributed by atoms with E-state index in [1.807, 2.05) is 41.7 Å². The normalized spacial score (nSPS) is 13.2. The molecule has 7 aromatic rings. The molecule has 2 aromatic heterocycles. The summed E-state index contributed by atoms with van der Waals surface area (Å²) >= 11 is 1.87. The van der Waals surface area contributed by atoms with Crippen LogP contribution in [-0.4, -0.2) is 15.0 Å². The number of thiophene rings is 1. The van der Waals surface area contributed by atoms with Crippen LogP contribution in [-0.2, 0) is 0 Å². The SMILES string of the molecule is C1=CC(c2nc(-c3ccccc3)nc(-c3ccc(-c4cc5ccccc5c5c4sc4ccccc45)cc3)n2)=CCC1. The van der Waals surface area contributed by atoms with E-state index in [0.717, 1.165) is 35.4 Å². The highest BCUT2D eigenvalue weighted by Gasteiger charge is 2.16. The molecule has 0 N–H and O–H groups in total. The molecule has 2 heterocycles. The van der Waals surface area contributed by atoms with Crippen LogP contribution < -0.4 is 0 Å². The van der Waals surface area contributed by atoms with Crippen molar-refractivity contribution in [1.29, 1.82) is 0 Å². The quantitative estimate of drug-likeness (QED) is 0.222. The summed E-state index contributed by atoms with van der Waals surface area (Å²) in [5, 5.41) is 5.22. The second kappa shape index (κ2) is 9.92. The summed E-state index contributed by atoms with van der Waals surface area (Å²) in [5.41, 5.74) is 5.45. The molecule has 0 spiro atoms. The first-order valence-corrected chi connectivity index (χ1v) is 14.8. The molecular formula is C37H25N3S. The van der Waals surface area contributed by atoms with E-state index >= 15 is 0 Å². The molecule has 3 nitrogen and oxygen atoms in total. The third kappa shape index (κ3) is 4.24. The van der Waals surface area contributed by atoms with Gasteiger partial charge in [0.05, 0.1) is 0 Å². The standard InChI is InChI=1S/C37H25N3S/c1-3-11-25(12-4-1)35-38-36(26-13-5-2-6-14-26)40-37(39-35)27-21-19-24(20-22-27)31-23-28-15-7-8-16-29(28)33-30-17-9-10-18-32(30)41-34(31)33/h1,3-5,7-23H,2,6H2. The molecule has 0 bridgehead atoms. The van der Waals surface area contributed by atoms with Crippen LogP contribution in [0.15, 0.2) is 127 Å². The zero-order chi connectivity index (χ0) is 27.2. The van der Waals surface area contributed by atoms with Gasteiger partial charge in [0.1, 0.15) is 0 Å². The minimum Gasteiger partial charge on any atom is -0.208 e. The summed E-state index contributed by atoms with van der Waals surface area (Å²) in [6.07, 6.45) is 8.58. The van der Waals surface area contributed by atoms with Gasteiger partial charge >= 0.3 is 0 Å². The molecule has 8 rings (SSSR count). The molecule has 0 amide bonds. The van der Waals surface area contributed by atoms with Crippen LogP contribution in [0, 0.1) is 0 Å². The van der Waals surface area contributed by atoms with Crippen LogP contribution >= 0.6 is 11.3 Å². The number of hydrogen-bond acceptors (Lipinski definition) is 4. The summed E-state index contributed by atoms with van der Waals surface area (Å²) in [7, 11) is 0. The van der Waals surface area contributed by atoms with Crippen LogP contribution in [0.2, 0.25) is 0 Å². The van der Waals surface area contributed by atoms with Crippen LogP contribution in [0.1, 0.15) is 18.7 Å². The molecule has 0 radical (unpaired) electrons. The van der Waals surface area contributed by atoms with Crippen molar-refractivity contribution in [3.63, 3.8) is 0 Å². The van der Waals surface area contributed by atoms with Crippen LogP contribution in [0.25, 0.3) is 70.4 Å². The van der Waals surface area contributed by atoms with Gasteiger partial charge in [-0.05, 0) is 41.3 Å². The average molecular weight is 544 g/mol. The lowest BCUT2D eigenvalue weighted by Crippen LogP contribution is -2.03. The van der Waals surface area contributed by atoms with Gasteiger partial charge in [-0.25, -0.2) is 15.0 Å². The highest BCUT2D eigenvalue weighted by atomic mass is 32.1. The van der Waals surface area contributed by atoms with Gasteiger partial charge in [0.2, 0.25) is 0 Å². The lowest BCUT2D eigenvalue weighted by molar-refractivity contribution is 1.01. The summed E-state index contributed by atoms with van der Waals surface area (Å²) in [6.45, 7) is 0. The Morgan fingerprint density at radius 1 is 0.561 bits per heavy atom. The third-order valence-electron chi connectivity index (χ3n) is 7.74. The lowest BCUT2D eigenvalue weighted by Gasteiger charge is -2.11. The van der Waals surface area contributed by atoms with E-state index in [1.165, 1.54) is 42.1 Å². The Morgan fingerprint density at radius 2 is 1.22 bits per heavy atom. The summed E-state index contributed by atoms with van der Waals surface area (Å²) in [4.78, 5) is 14.7. The second-order valence-electron chi connectivity index (χ2n) is 10.3. The van der Waals surface area contributed by atoms with Crippen molar-refractivity contribution >= 4 is 47.9 Å². The number of nitrogens with zero attached hydrogens (tertiary/aromatic N) is 3. The van der Waals surface area contributed by atoms with Gasteiger partial charge in [-0.2, -0.15) is 0 Å². The Balaban J connectivity index is 1.27. The fraction of sp³-hybridized carbons (Fsp3) is 0.0541. The molecule has 0 aliphatic heterocycles. The minimum atomic E-state index is 0.686. The molecule has 0 atom stereocenters. The molecule has 5 aromatic carbocycles. The van der Waals surface area contributed by atoms with Crippen LogP contribution in [0.5, 0.6) is 0 Å². The van der Waals surface area contributed by atoms with Gasteiger partial charge in [0.15, 0.2) is 17.5 Å².